The van der Waals surface area contributed by atoms with Crippen LogP contribution in [0.15, 0.2) is 12.2 Å². The lowest BCUT2D eigenvalue weighted by Gasteiger charge is -2.27. The summed E-state index contributed by atoms with van der Waals surface area (Å²) >= 11 is 0. The normalized spacial score (nSPS) is 29.1. The Labute approximate surface area is 78.1 Å². The summed E-state index contributed by atoms with van der Waals surface area (Å²) in [4.78, 5) is 0. The predicted molar refractivity (Wildman–Crippen MR) is 59.3 cm³/mol. The second kappa shape index (κ2) is 4.27. The lowest BCUT2D eigenvalue weighted by atomic mass is 10.1. The Kier molecular flexibility index (Phi) is 3.57. The third-order valence-electron chi connectivity index (χ3n) is 2.87. The van der Waals surface area contributed by atoms with Gasteiger partial charge in [-0.2, -0.15) is 0 Å². The van der Waals surface area contributed by atoms with Crippen molar-refractivity contribution in [1.82, 2.24) is 0 Å². The lowest BCUT2D eigenvalue weighted by Crippen LogP contribution is -2.27. The van der Waals surface area contributed by atoms with Crippen LogP contribution in [0.4, 0.5) is 0 Å². The van der Waals surface area contributed by atoms with Gasteiger partial charge >= 0.3 is 0 Å². The molecule has 0 heterocycles. The van der Waals surface area contributed by atoms with Crippen LogP contribution < -0.4 is 0 Å². The Balaban J connectivity index is 2.55. The van der Waals surface area contributed by atoms with Crippen molar-refractivity contribution in [2.45, 2.75) is 57.3 Å². The maximum Gasteiger partial charge on any atom is 0.0513 e. The zero-order valence-corrected chi connectivity index (χ0v) is 9.77. The fourth-order valence-corrected chi connectivity index (χ4v) is 3.67. The van der Waals surface area contributed by atoms with Crippen LogP contribution in [-0.2, 0) is 0 Å². The molecular formula is C11H22Si. The average molecular weight is 182 g/mol. The van der Waals surface area contributed by atoms with E-state index in [0.717, 1.165) is 5.54 Å². The van der Waals surface area contributed by atoms with E-state index in [0.29, 0.717) is 0 Å². The van der Waals surface area contributed by atoms with Gasteiger partial charge < -0.3 is 0 Å². The molecule has 1 rings (SSSR count). The molecule has 1 atom stereocenters. The highest BCUT2D eigenvalue weighted by Gasteiger charge is 2.23. The third kappa shape index (κ3) is 3.14. The van der Waals surface area contributed by atoms with E-state index >= 15 is 0 Å². The van der Waals surface area contributed by atoms with Crippen LogP contribution in [-0.4, -0.2) is 8.07 Å². The molecule has 12 heavy (non-hydrogen) atoms. The molecule has 0 N–H and O–H groups in total. The van der Waals surface area contributed by atoms with Crippen LogP contribution in [0.3, 0.4) is 0 Å². The van der Waals surface area contributed by atoms with Gasteiger partial charge in [0.05, 0.1) is 8.07 Å². The van der Waals surface area contributed by atoms with E-state index in [9.17, 15) is 0 Å². The van der Waals surface area contributed by atoms with Crippen LogP contribution in [0, 0.1) is 0 Å². The highest BCUT2D eigenvalue weighted by molar-refractivity contribution is 6.78. The Morgan fingerprint density at radius 1 is 1.08 bits per heavy atom. The monoisotopic (exact) mass is 182 g/mol. The summed E-state index contributed by atoms with van der Waals surface area (Å²) in [6.07, 6.45) is 12.0. The van der Waals surface area contributed by atoms with Crippen molar-refractivity contribution in [3.63, 3.8) is 0 Å². The summed E-state index contributed by atoms with van der Waals surface area (Å²) in [5, 5.41) is 0. The van der Waals surface area contributed by atoms with E-state index in [1.807, 2.05) is 0 Å². The summed E-state index contributed by atoms with van der Waals surface area (Å²) < 4.78 is 0. The first-order valence-corrected chi connectivity index (χ1v) is 8.85. The molecule has 1 unspecified atom stereocenters. The third-order valence-corrected chi connectivity index (χ3v) is 5.57. The highest BCUT2D eigenvalue weighted by atomic mass is 28.3. The quantitative estimate of drug-likeness (QED) is 0.421. The molecule has 0 aliphatic heterocycles. The smallest absolute Gasteiger partial charge is 0.0513 e. The van der Waals surface area contributed by atoms with Gasteiger partial charge in [0, 0.05) is 0 Å². The molecule has 0 saturated heterocycles. The van der Waals surface area contributed by atoms with E-state index < -0.39 is 8.07 Å². The van der Waals surface area contributed by atoms with E-state index in [2.05, 4.69) is 31.8 Å². The molecule has 70 valence electrons. The largest absolute Gasteiger partial charge is 0.0885 e. The Morgan fingerprint density at radius 3 is 2.50 bits per heavy atom. The molecule has 0 saturated carbocycles. The van der Waals surface area contributed by atoms with Gasteiger partial charge in [-0.15, -0.1) is 0 Å². The van der Waals surface area contributed by atoms with E-state index in [-0.39, 0.29) is 0 Å². The summed E-state index contributed by atoms with van der Waals surface area (Å²) in [7, 11) is -0.898. The fraction of sp³-hybridized carbons (Fsp3) is 0.818. The highest BCUT2D eigenvalue weighted by Crippen LogP contribution is 2.30. The van der Waals surface area contributed by atoms with Crippen LogP contribution in [0.2, 0.25) is 25.2 Å². The number of hydrogen-bond acceptors (Lipinski definition) is 0. The van der Waals surface area contributed by atoms with Gasteiger partial charge in [-0.3, -0.25) is 0 Å². The van der Waals surface area contributed by atoms with Crippen molar-refractivity contribution in [2.75, 3.05) is 0 Å². The first-order valence-electron chi connectivity index (χ1n) is 5.27. The Hall–Kier alpha value is -0.0431. The molecule has 1 aliphatic rings. The zero-order chi connectivity index (χ0) is 9.03. The summed E-state index contributed by atoms with van der Waals surface area (Å²) in [5.74, 6) is 0. The molecule has 0 fully saturated rings. The van der Waals surface area contributed by atoms with Crippen molar-refractivity contribution in [1.29, 1.82) is 0 Å². The Bertz CT molecular complexity index is 153. The van der Waals surface area contributed by atoms with Crippen molar-refractivity contribution in [2.24, 2.45) is 0 Å². The van der Waals surface area contributed by atoms with Crippen LogP contribution in [0.5, 0.6) is 0 Å². The SMILES string of the molecule is C[Si](C)(C)C1/C=C\CCCCC1. The van der Waals surface area contributed by atoms with Crippen LogP contribution in [0.1, 0.15) is 32.1 Å². The predicted octanol–water partition coefficient (Wildman–Crippen LogP) is 4.22. The molecule has 0 bridgehead atoms. The van der Waals surface area contributed by atoms with E-state index in [1.165, 1.54) is 32.1 Å². The van der Waals surface area contributed by atoms with Gasteiger partial charge in [0.1, 0.15) is 0 Å². The van der Waals surface area contributed by atoms with E-state index in [1.54, 1.807) is 0 Å². The molecule has 0 aromatic heterocycles. The lowest BCUT2D eigenvalue weighted by molar-refractivity contribution is 0.630. The molecule has 1 heteroatoms. The Morgan fingerprint density at radius 2 is 1.83 bits per heavy atom. The van der Waals surface area contributed by atoms with Gasteiger partial charge in [0.15, 0.2) is 0 Å². The van der Waals surface area contributed by atoms with Gasteiger partial charge in [-0.25, -0.2) is 0 Å². The van der Waals surface area contributed by atoms with Crippen LogP contribution in [0.25, 0.3) is 0 Å². The second-order valence-corrected chi connectivity index (χ2v) is 10.5. The topological polar surface area (TPSA) is 0 Å². The molecule has 0 spiro atoms. The maximum atomic E-state index is 2.51. The molecule has 0 aromatic rings. The summed E-state index contributed by atoms with van der Waals surface area (Å²) in [5.41, 5.74) is 0.942. The molecule has 0 aromatic carbocycles. The minimum atomic E-state index is -0.898. The molecule has 0 radical (unpaired) electrons. The number of rotatable bonds is 1. The van der Waals surface area contributed by atoms with Crippen LogP contribution >= 0.6 is 0 Å². The van der Waals surface area contributed by atoms with E-state index in [4.69, 9.17) is 0 Å². The van der Waals surface area contributed by atoms with Gasteiger partial charge in [-0.05, 0) is 24.8 Å². The standard InChI is InChI=1S/C11H22Si/c1-12(2,3)11-9-7-5-4-6-8-10-11/h7,9,11H,4-6,8,10H2,1-3H3/b9-7-. The molecule has 0 amide bonds. The fourth-order valence-electron chi connectivity index (χ4n) is 1.88. The van der Waals surface area contributed by atoms with Crippen molar-refractivity contribution < 1.29 is 0 Å². The molecule has 1 aliphatic carbocycles. The van der Waals surface area contributed by atoms with Crippen molar-refractivity contribution >= 4 is 8.07 Å². The molecule has 0 nitrogen and oxygen atoms in total. The average Bonchev–Trinajstić information content (AvgIpc) is 1.81. The maximum absolute atomic E-state index is 2.51. The van der Waals surface area contributed by atoms with Crippen molar-refractivity contribution in [3.05, 3.63) is 12.2 Å². The minimum Gasteiger partial charge on any atom is -0.0885 e. The first kappa shape index (κ1) is 10.0. The summed E-state index contributed by atoms with van der Waals surface area (Å²) in [6.45, 7) is 7.47. The van der Waals surface area contributed by atoms with Gasteiger partial charge in [0.25, 0.3) is 0 Å². The van der Waals surface area contributed by atoms with Gasteiger partial charge in [-0.1, -0.05) is 44.6 Å². The first-order chi connectivity index (χ1) is 5.61. The summed E-state index contributed by atoms with van der Waals surface area (Å²) in [6, 6.07) is 0. The number of hydrogen-bond donors (Lipinski definition) is 0. The minimum absolute atomic E-state index is 0.898. The number of allylic oxidation sites excluding steroid dienone is 2. The van der Waals surface area contributed by atoms with Gasteiger partial charge in [0.2, 0.25) is 0 Å². The van der Waals surface area contributed by atoms with Crippen molar-refractivity contribution in [3.8, 4) is 0 Å². The molecular weight excluding hydrogens is 160 g/mol. The zero-order valence-electron chi connectivity index (χ0n) is 8.77. The second-order valence-electron chi connectivity index (χ2n) is 5.04.